The van der Waals surface area contributed by atoms with Gasteiger partial charge in [0.25, 0.3) is 5.91 Å². The molecule has 1 N–H and O–H groups in total. The predicted molar refractivity (Wildman–Crippen MR) is 121 cm³/mol. The zero-order valence-corrected chi connectivity index (χ0v) is 18.8. The number of guanidine groups is 1. The molecule has 2 heterocycles. The SMILES string of the molecule is CCN=C1NC(=Cc2ccc(-n3cnc(C)c3)c(OC)c2)C(=O)N1Cc1cc(F)c(F)c(F)c1. The Labute approximate surface area is 194 Å². The second-order valence-corrected chi connectivity index (χ2v) is 7.60. The molecule has 1 aliphatic rings. The summed E-state index contributed by atoms with van der Waals surface area (Å²) in [6, 6.07) is 7.15. The van der Waals surface area contributed by atoms with Crippen LogP contribution < -0.4 is 10.1 Å². The molecule has 0 aliphatic carbocycles. The molecule has 0 saturated carbocycles. The summed E-state index contributed by atoms with van der Waals surface area (Å²) in [5.41, 5.74) is 2.65. The van der Waals surface area contributed by atoms with Crippen molar-refractivity contribution in [2.24, 2.45) is 4.99 Å². The number of halogens is 3. The van der Waals surface area contributed by atoms with E-state index in [9.17, 15) is 18.0 Å². The van der Waals surface area contributed by atoms with Crippen molar-refractivity contribution in [1.29, 1.82) is 0 Å². The minimum absolute atomic E-state index is 0.0956. The summed E-state index contributed by atoms with van der Waals surface area (Å²) in [7, 11) is 1.55. The van der Waals surface area contributed by atoms with Crippen LogP contribution in [0.15, 0.2) is 53.5 Å². The first kappa shape index (κ1) is 23.1. The van der Waals surface area contributed by atoms with Gasteiger partial charge in [-0.1, -0.05) is 6.07 Å². The standard InChI is InChI=1S/C24H22F3N5O2/c1-4-28-24-30-19(23(33)32(24)12-16-7-17(25)22(27)18(26)8-16)9-15-5-6-20(21(10-15)34-3)31-11-14(2)29-13-31/h5-11,13H,4,12H2,1-3H3,(H,28,30). The maximum atomic E-state index is 13.7. The van der Waals surface area contributed by atoms with Crippen LogP contribution in [0.5, 0.6) is 5.75 Å². The Morgan fingerprint density at radius 3 is 2.53 bits per heavy atom. The lowest BCUT2D eigenvalue weighted by molar-refractivity contribution is -0.122. The zero-order valence-electron chi connectivity index (χ0n) is 18.8. The molecule has 1 aliphatic heterocycles. The summed E-state index contributed by atoms with van der Waals surface area (Å²) in [6.45, 7) is 3.86. The highest BCUT2D eigenvalue weighted by atomic mass is 19.2. The van der Waals surface area contributed by atoms with Crippen LogP contribution in [-0.4, -0.2) is 40.0 Å². The number of aromatic nitrogens is 2. The Kier molecular flexibility index (Phi) is 6.40. The molecule has 1 saturated heterocycles. The molecule has 0 unspecified atom stereocenters. The van der Waals surface area contributed by atoms with E-state index < -0.39 is 23.4 Å². The first-order chi connectivity index (χ1) is 16.3. The van der Waals surface area contributed by atoms with Crippen LogP contribution >= 0.6 is 0 Å². The predicted octanol–water partition coefficient (Wildman–Crippen LogP) is 3.96. The Bertz CT molecular complexity index is 1290. The van der Waals surface area contributed by atoms with Crippen molar-refractivity contribution in [2.75, 3.05) is 13.7 Å². The van der Waals surface area contributed by atoms with Crippen molar-refractivity contribution < 1.29 is 22.7 Å². The third-order valence-electron chi connectivity index (χ3n) is 5.17. The van der Waals surface area contributed by atoms with Gasteiger partial charge in [0, 0.05) is 12.7 Å². The second-order valence-electron chi connectivity index (χ2n) is 7.60. The number of hydrogen-bond donors (Lipinski definition) is 1. The molecule has 0 spiro atoms. The van der Waals surface area contributed by atoms with Crippen molar-refractivity contribution >= 4 is 17.9 Å². The average Bonchev–Trinajstić information content (AvgIpc) is 3.36. The van der Waals surface area contributed by atoms with Crippen molar-refractivity contribution in [1.82, 2.24) is 19.8 Å². The maximum Gasteiger partial charge on any atom is 0.277 e. The minimum atomic E-state index is -1.55. The van der Waals surface area contributed by atoms with Crippen molar-refractivity contribution in [2.45, 2.75) is 20.4 Å². The van der Waals surface area contributed by atoms with Gasteiger partial charge in [0.2, 0.25) is 5.96 Å². The number of amides is 1. The molecule has 10 heteroatoms. The van der Waals surface area contributed by atoms with Crippen LogP contribution in [0, 0.1) is 24.4 Å². The van der Waals surface area contributed by atoms with E-state index in [1.165, 1.54) is 4.90 Å². The summed E-state index contributed by atoms with van der Waals surface area (Å²) >= 11 is 0. The van der Waals surface area contributed by atoms with Gasteiger partial charge in [-0.05, 0) is 55.3 Å². The summed E-state index contributed by atoms with van der Waals surface area (Å²) in [4.78, 5) is 22.8. The lowest BCUT2D eigenvalue weighted by atomic mass is 10.1. The maximum absolute atomic E-state index is 13.7. The zero-order chi connectivity index (χ0) is 24.4. The first-order valence-electron chi connectivity index (χ1n) is 10.5. The molecule has 34 heavy (non-hydrogen) atoms. The molecule has 3 aromatic rings. The van der Waals surface area contributed by atoms with E-state index in [1.807, 2.05) is 29.8 Å². The Hall–Kier alpha value is -4.08. The fraction of sp³-hybridized carbons (Fsp3) is 0.208. The molecule has 1 amide bonds. The smallest absolute Gasteiger partial charge is 0.277 e. The lowest BCUT2D eigenvalue weighted by Gasteiger charge is -2.15. The van der Waals surface area contributed by atoms with E-state index >= 15 is 0 Å². The molecular weight excluding hydrogens is 447 g/mol. The highest BCUT2D eigenvalue weighted by molar-refractivity contribution is 6.15. The Morgan fingerprint density at radius 2 is 1.91 bits per heavy atom. The lowest BCUT2D eigenvalue weighted by Crippen LogP contribution is -2.32. The van der Waals surface area contributed by atoms with Gasteiger partial charge in [0.1, 0.15) is 11.4 Å². The van der Waals surface area contributed by atoms with E-state index in [-0.39, 0.29) is 23.8 Å². The highest BCUT2D eigenvalue weighted by Gasteiger charge is 2.32. The third-order valence-corrected chi connectivity index (χ3v) is 5.17. The molecule has 2 aromatic carbocycles. The fourth-order valence-electron chi connectivity index (χ4n) is 3.60. The van der Waals surface area contributed by atoms with Crippen LogP contribution in [0.1, 0.15) is 23.7 Å². The van der Waals surface area contributed by atoms with Crippen LogP contribution in [-0.2, 0) is 11.3 Å². The van der Waals surface area contributed by atoms with Crippen LogP contribution in [0.3, 0.4) is 0 Å². The number of carbonyl (C=O) groups excluding carboxylic acids is 1. The molecule has 7 nitrogen and oxygen atoms in total. The molecule has 1 fully saturated rings. The van der Waals surface area contributed by atoms with Gasteiger partial charge >= 0.3 is 0 Å². The number of ether oxygens (including phenoxy) is 1. The second kappa shape index (κ2) is 9.42. The van der Waals surface area contributed by atoms with E-state index in [4.69, 9.17) is 4.74 Å². The first-order valence-corrected chi connectivity index (χ1v) is 10.5. The van der Waals surface area contributed by atoms with Gasteiger partial charge in [-0.3, -0.25) is 14.7 Å². The third kappa shape index (κ3) is 4.52. The minimum Gasteiger partial charge on any atom is -0.495 e. The van der Waals surface area contributed by atoms with Crippen LogP contribution in [0.2, 0.25) is 0 Å². The number of aliphatic imine (C=N–C) groups is 1. The summed E-state index contributed by atoms with van der Waals surface area (Å²) < 4.78 is 48.0. The monoisotopic (exact) mass is 469 g/mol. The summed E-state index contributed by atoms with van der Waals surface area (Å²) in [5.74, 6) is -3.82. The molecular formula is C24H22F3N5O2. The molecule has 1 aromatic heterocycles. The van der Waals surface area contributed by atoms with Gasteiger partial charge in [-0.15, -0.1) is 0 Å². The van der Waals surface area contributed by atoms with Gasteiger partial charge in [-0.2, -0.15) is 0 Å². The van der Waals surface area contributed by atoms with Crippen molar-refractivity contribution in [3.63, 3.8) is 0 Å². The van der Waals surface area contributed by atoms with E-state index in [0.29, 0.717) is 17.9 Å². The largest absolute Gasteiger partial charge is 0.495 e. The quantitative estimate of drug-likeness (QED) is 0.438. The number of nitrogens with one attached hydrogen (secondary N) is 1. The van der Waals surface area contributed by atoms with Gasteiger partial charge in [0.15, 0.2) is 17.5 Å². The summed E-state index contributed by atoms with van der Waals surface area (Å²) in [5, 5.41) is 2.96. The molecule has 0 bridgehead atoms. The number of rotatable bonds is 6. The number of aryl methyl sites for hydroxylation is 1. The van der Waals surface area contributed by atoms with Crippen molar-refractivity contribution in [3.05, 3.63) is 82.8 Å². The highest BCUT2D eigenvalue weighted by Crippen LogP contribution is 2.27. The summed E-state index contributed by atoms with van der Waals surface area (Å²) in [6.07, 6.45) is 5.18. The molecule has 0 atom stereocenters. The van der Waals surface area contributed by atoms with E-state index in [1.54, 1.807) is 32.5 Å². The number of methoxy groups -OCH3 is 1. The van der Waals surface area contributed by atoms with E-state index in [0.717, 1.165) is 23.5 Å². The average molecular weight is 469 g/mol. The molecule has 4 rings (SSSR count). The van der Waals surface area contributed by atoms with Gasteiger partial charge in [-0.25, -0.2) is 18.2 Å². The number of nitrogens with zero attached hydrogens (tertiary/aromatic N) is 4. The molecule has 176 valence electrons. The van der Waals surface area contributed by atoms with Gasteiger partial charge in [0.05, 0.1) is 31.4 Å². The number of carbonyl (C=O) groups is 1. The Morgan fingerprint density at radius 1 is 1.18 bits per heavy atom. The van der Waals surface area contributed by atoms with E-state index in [2.05, 4.69) is 15.3 Å². The van der Waals surface area contributed by atoms with Gasteiger partial charge < -0.3 is 14.6 Å². The molecule has 0 radical (unpaired) electrons. The topological polar surface area (TPSA) is 71.7 Å². The van der Waals surface area contributed by atoms with Crippen molar-refractivity contribution in [3.8, 4) is 11.4 Å². The number of hydrogen-bond acceptors (Lipinski definition) is 4. The number of benzene rings is 2. The Balaban J connectivity index is 1.64. The fourth-order valence-corrected chi connectivity index (χ4v) is 3.60. The number of imidazole rings is 1. The van der Waals surface area contributed by atoms with Crippen LogP contribution in [0.4, 0.5) is 13.2 Å². The van der Waals surface area contributed by atoms with Crippen LogP contribution in [0.25, 0.3) is 11.8 Å². The normalized spacial score (nSPS) is 15.9.